The molecular weight excluding hydrogens is 343 g/mol. The van der Waals surface area contributed by atoms with Crippen LogP contribution in [0.1, 0.15) is 0 Å². The minimum atomic E-state index is 0.426. The molecular formula is C15H12Cl2N2O2S. The molecule has 22 heavy (non-hydrogen) atoms. The topological polar surface area (TPSA) is 42.5 Å². The fourth-order valence-electron chi connectivity index (χ4n) is 2.04. The maximum Gasteiger partial charge on any atom is 0.175 e. The molecule has 0 amide bonds. The molecule has 1 aliphatic heterocycles. The number of halogens is 2. The molecule has 0 bridgehead atoms. The SMILES string of the molecule is S=C(Nc1cc(Cl)cc(Cl)c1)Nc1ccc2c(c1)OCCO2. The number of hydrogen-bond acceptors (Lipinski definition) is 3. The molecule has 0 saturated carbocycles. The van der Waals surface area contributed by atoms with Gasteiger partial charge in [-0.1, -0.05) is 23.2 Å². The Labute approximate surface area is 143 Å². The number of hydrogen-bond donors (Lipinski definition) is 2. The molecule has 0 aliphatic carbocycles. The van der Waals surface area contributed by atoms with Crippen molar-refractivity contribution < 1.29 is 9.47 Å². The van der Waals surface area contributed by atoms with Gasteiger partial charge < -0.3 is 20.1 Å². The molecule has 114 valence electrons. The van der Waals surface area contributed by atoms with E-state index in [0.717, 1.165) is 11.4 Å². The molecule has 0 spiro atoms. The van der Waals surface area contributed by atoms with Crippen LogP contribution in [0.15, 0.2) is 36.4 Å². The highest BCUT2D eigenvalue weighted by atomic mass is 35.5. The first-order valence-corrected chi connectivity index (χ1v) is 7.70. The third-order valence-electron chi connectivity index (χ3n) is 2.92. The molecule has 0 atom stereocenters. The van der Waals surface area contributed by atoms with Crippen LogP contribution in [0, 0.1) is 0 Å². The Morgan fingerprint density at radius 1 is 0.864 bits per heavy atom. The summed E-state index contributed by atoms with van der Waals surface area (Å²) >= 11 is 17.2. The van der Waals surface area contributed by atoms with E-state index in [2.05, 4.69) is 10.6 Å². The summed E-state index contributed by atoms with van der Waals surface area (Å²) in [7, 11) is 0. The van der Waals surface area contributed by atoms with Gasteiger partial charge in [0.2, 0.25) is 0 Å². The molecule has 7 heteroatoms. The Bertz CT molecular complexity index is 704. The lowest BCUT2D eigenvalue weighted by molar-refractivity contribution is 0.171. The minimum absolute atomic E-state index is 0.426. The van der Waals surface area contributed by atoms with Gasteiger partial charge in [0.25, 0.3) is 0 Å². The summed E-state index contributed by atoms with van der Waals surface area (Å²) in [6, 6.07) is 10.7. The third kappa shape index (κ3) is 3.74. The second kappa shape index (κ2) is 6.60. The van der Waals surface area contributed by atoms with Gasteiger partial charge in [-0.2, -0.15) is 0 Å². The van der Waals surface area contributed by atoms with Gasteiger partial charge in [-0.3, -0.25) is 0 Å². The summed E-state index contributed by atoms with van der Waals surface area (Å²) < 4.78 is 11.0. The molecule has 3 rings (SSSR count). The Hall–Kier alpha value is -1.69. The molecule has 2 aromatic carbocycles. The van der Waals surface area contributed by atoms with Gasteiger partial charge in [-0.05, 0) is 42.5 Å². The zero-order chi connectivity index (χ0) is 15.5. The summed E-state index contributed by atoms with van der Waals surface area (Å²) in [6.07, 6.45) is 0. The van der Waals surface area contributed by atoms with Gasteiger partial charge in [-0.25, -0.2) is 0 Å². The second-order valence-corrected chi connectivity index (χ2v) is 5.88. The van der Waals surface area contributed by atoms with Gasteiger partial charge >= 0.3 is 0 Å². The highest BCUT2D eigenvalue weighted by Gasteiger charge is 2.12. The first kappa shape index (κ1) is 15.2. The van der Waals surface area contributed by atoms with Gasteiger partial charge in [0.15, 0.2) is 16.6 Å². The third-order valence-corrected chi connectivity index (χ3v) is 3.56. The van der Waals surface area contributed by atoms with Crippen molar-refractivity contribution in [3.63, 3.8) is 0 Å². The molecule has 1 aliphatic rings. The fraction of sp³-hybridized carbons (Fsp3) is 0.133. The van der Waals surface area contributed by atoms with Crippen molar-refractivity contribution in [1.29, 1.82) is 0 Å². The van der Waals surface area contributed by atoms with E-state index in [1.807, 2.05) is 18.2 Å². The van der Waals surface area contributed by atoms with Crippen molar-refractivity contribution in [1.82, 2.24) is 0 Å². The van der Waals surface area contributed by atoms with Crippen molar-refractivity contribution in [2.75, 3.05) is 23.8 Å². The second-order valence-electron chi connectivity index (χ2n) is 4.60. The summed E-state index contributed by atoms with van der Waals surface area (Å²) in [4.78, 5) is 0. The number of benzene rings is 2. The van der Waals surface area contributed by atoms with Gasteiger partial charge in [0.05, 0.1) is 0 Å². The molecule has 0 unspecified atom stereocenters. The number of fused-ring (bicyclic) bond motifs is 1. The predicted molar refractivity (Wildman–Crippen MR) is 93.7 cm³/mol. The van der Waals surface area contributed by atoms with Crippen molar-refractivity contribution in [3.8, 4) is 11.5 Å². The number of rotatable bonds is 2. The highest BCUT2D eigenvalue weighted by Crippen LogP contribution is 2.32. The molecule has 0 saturated heterocycles. The molecule has 1 heterocycles. The van der Waals surface area contributed by atoms with Crippen molar-refractivity contribution in [3.05, 3.63) is 46.4 Å². The monoisotopic (exact) mass is 354 g/mol. The molecule has 2 N–H and O–H groups in total. The normalized spacial score (nSPS) is 12.6. The highest BCUT2D eigenvalue weighted by molar-refractivity contribution is 7.80. The first-order valence-electron chi connectivity index (χ1n) is 6.54. The molecule has 0 radical (unpaired) electrons. The van der Waals surface area contributed by atoms with Gasteiger partial charge in [-0.15, -0.1) is 0 Å². The Morgan fingerprint density at radius 2 is 1.50 bits per heavy atom. The van der Waals surface area contributed by atoms with E-state index >= 15 is 0 Å². The van der Waals surface area contributed by atoms with Crippen LogP contribution in [-0.2, 0) is 0 Å². The lowest BCUT2D eigenvalue weighted by atomic mass is 10.2. The average molecular weight is 355 g/mol. The first-order chi connectivity index (χ1) is 10.6. The van der Waals surface area contributed by atoms with Crippen LogP contribution in [0.25, 0.3) is 0 Å². The number of nitrogens with one attached hydrogen (secondary N) is 2. The van der Waals surface area contributed by atoms with Crippen LogP contribution >= 0.6 is 35.4 Å². The van der Waals surface area contributed by atoms with Crippen LogP contribution in [0.2, 0.25) is 10.0 Å². The molecule has 4 nitrogen and oxygen atoms in total. The van der Waals surface area contributed by atoms with E-state index in [0.29, 0.717) is 39.8 Å². The smallest absolute Gasteiger partial charge is 0.175 e. The van der Waals surface area contributed by atoms with Gasteiger partial charge in [0, 0.05) is 27.5 Å². The minimum Gasteiger partial charge on any atom is -0.486 e. The lowest BCUT2D eigenvalue weighted by Gasteiger charge is -2.19. The summed E-state index contributed by atoms with van der Waals surface area (Å²) in [5, 5.41) is 7.61. The largest absolute Gasteiger partial charge is 0.486 e. The van der Waals surface area contributed by atoms with Crippen LogP contribution < -0.4 is 20.1 Å². The Kier molecular flexibility index (Phi) is 4.57. The molecule has 0 aromatic heterocycles. The maximum absolute atomic E-state index is 5.95. The molecule has 0 fully saturated rings. The fourth-order valence-corrected chi connectivity index (χ4v) is 2.80. The van der Waals surface area contributed by atoms with Crippen molar-refractivity contribution in [2.45, 2.75) is 0 Å². The van der Waals surface area contributed by atoms with Crippen LogP contribution in [-0.4, -0.2) is 18.3 Å². The zero-order valence-corrected chi connectivity index (χ0v) is 13.7. The van der Waals surface area contributed by atoms with Crippen LogP contribution in [0.4, 0.5) is 11.4 Å². The number of thiocarbonyl (C=S) groups is 1. The van der Waals surface area contributed by atoms with E-state index in [9.17, 15) is 0 Å². The van der Waals surface area contributed by atoms with Crippen molar-refractivity contribution in [2.24, 2.45) is 0 Å². The van der Waals surface area contributed by atoms with E-state index in [4.69, 9.17) is 44.9 Å². The summed E-state index contributed by atoms with van der Waals surface area (Å²) in [5.41, 5.74) is 1.52. The van der Waals surface area contributed by atoms with E-state index < -0.39 is 0 Å². The average Bonchev–Trinajstić information content (AvgIpc) is 2.45. The number of anilines is 2. The standard InChI is InChI=1S/C15H12Cl2N2O2S/c16-9-5-10(17)7-12(6-9)19-15(22)18-11-1-2-13-14(8-11)21-4-3-20-13/h1-2,5-8H,3-4H2,(H2,18,19,22). The van der Waals surface area contributed by atoms with Crippen LogP contribution in [0.3, 0.4) is 0 Å². The maximum atomic E-state index is 5.95. The quantitative estimate of drug-likeness (QED) is 0.773. The zero-order valence-electron chi connectivity index (χ0n) is 11.4. The Balaban J connectivity index is 1.69. The predicted octanol–water partition coefficient (Wildman–Crippen LogP) is 4.57. The van der Waals surface area contributed by atoms with E-state index in [1.165, 1.54) is 0 Å². The summed E-state index contributed by atoms with van der Waals surface area (Å²) in [6.45, 7) is 1.11. The Morgan fingerprint density at radius 3 is 2.23 bits per heavy atom. The van der Waals surface area contributed by atoms with Gasteiger partial charge in [0.1, 0.15) is 13.2 Å². The van der Waals surface area contributed by atoms with Crippen molar-refractivity contribution >= 4 is 51.9 Å². The number of ether oxygens (including phenoxy) is 2. The lowest BCUT2D eigenvalue weighted by Crippen LogP contribution is -2.20. The van der Waals surface area contributed by atoms with Crippen LogP contribution in [0.5, 0.6) is 11.5 Å². The summed E-state index contributed by atoms with van der Waals surface area (Å²) in [5.74, 6) is 1.43. The van der Waals surface area contributed by atoms with E-state index in [-0.39, 0.29) is 0 Å². The van der Waals surface area contributed by atoms with E-state index in [1.54, 1.807) is 18.2 Å². The molecule has 2 aromatic rings.